The van der Waals surface area contributed by atoms with Crippen molar-refractivity contribution in [3.8, 4) is 0 Å². The number of hydrogen-bond acceptors (Lipinski definition) is 1. The Morgan fingerprint density at radius 2 is 1.73 bits per heavy atom. The van der Waals surface area contributed by atoms with E-state index in [2.05, 4.69) is 0 Å². The highest BCUT2D eigenvalue weighted by molar-refractivity contribution is 6.62. The van der Waals surface area contributed by atoms with Gasteiger partial charge in [0.05, 0.1) is 0 Å². The summed E-state index contributed by atoms with van der Waals surface area (Å²) < 4.78 is 70.9. The van der Waals surface area contributed by atoms with E-state index in [1.807, 2.05) is 6.58 Å². The van der Waals surface area contributed by atoms with Gasteiger partial charge in [-0.15, -0.1) is 0 Å². The van der Waals surface area contributed by atoms with E-state index in [0.717, 1.165) is 0 Å². The molecule has 0 aliphatic rings. The number of hydrogen-bond donors (Lipinski definition) is 0. The standard InChI is InChI=1S/C3H2F6OSi/c1-2(4)3(5,6)11(8,9)10-7/h1H2. The minimum atomic E-state index is -6.94. The van der Waals surface area contributed by atoms with Crippen molar-refractivity contribution in [1.29, 1.82) is 0 Å². The molecule has 0 heterocycles. The average molecular weight is 196 g/mol. The number of allylic oxidation sites excluding steroid dienone is 1. The molecule has 0 aliphatic carbocycles. The lowest BCUT2D eigenvalue weighted by Gasteiger charge is -2.15. The van der Waals surface area contributed by atoms with E-state index in [1.54, 1.807) is 4.63 Å². The highest BCUT2D eigenvalue weighted by Crippen LogP contribution is 2.36. The zero-order valence-electron chi connectivity index (χ0n) is 4.88. The number of halogens is 6. The predicted molar refractivity (Wildman–Crippen MR) is 25.4 cm³/mol. The molecule has 1 nitrogen and oxygen atoms in total. The molecule has 0 bridgehead atoms. The molecule has 0 spiro atoms. The van der Waals surface area contributed by atoms with Crippen molar-refractivity contribution in [2.45, 2.75) is 5.55 Å². The summed E-state index contributed by atoms with van der Waals surface area (Å²) in [5.41, 5.74) is -5.21. The Hall–Kier alpha value is -0.503. The van der Waals surface area contributed by atoms with Crippen molar-refractivity contribution in [2.24, 2.45) is 0 Å². The van der Waals surface area contributed by atoms with Crippen LogP contribution in [0.4, 0.5) is 25.9 Å². The molecule has 0 unspecified atom stereocenters. The Balaban J connectivity index is 4.67. The van der Waals surface area contributed by atoms with Crippen LogP contribution in [0.3, 0.4) is 0 Å². The van der Waals surface area contributed by atoms with Crippen LogP contribution in [0.25, 0.3) is 0 Å². The van der Waals surface area contributed by atoms with Crippen molar-refractivity contribution in [1.82, 2.24) is 0 Å². The Labute approximate surface area is 58.6 Å². The van der Waals surface area contributed by atoms with Crippen molar-refractivity contribution in [2.75, 3.05) is 0 Å². The van der Waals surface area contributed by atoms with Gasteiger partial charge in [0.25, 0.3) is 0 Å². The molecule has 0 aliphatic heterocycles. The first-order valence-corrected chi connectivity index (χ1v) is 3.82. The lowest BCUT2D eigenvalue weighted by atomic mass is 10.6. The summed E-state index contributed by atoms with van der Waals surface area (Å²) in [6, 6.07) is 0. The molecular formula is C3H2F6OSi. The molecule has 0 rings (SSSR count). The van der Waals surface area contributed by atoms with E-state index in [-0.39, 0.29) is 0 Å². The van der Waals surface area contributed by atoms with Gasteiger partial charge in [-0.05, 0) is 0 Å². The van der Waals surface area contributed by atoms with Crippen LogP contribution in [0.2, 0.25) is 0 Å². The highest BCUT2D eigenvalue weighted by atomic mass is 28.4. The second-order valence-electron chi connectivity index (χ2n) is 1.57. The topological polar surface area (TPSA) is 9.23 Å². The minimum Gasteiger partial charge on any atom is -0.235 e. The van der Waals surface area contributed by atoms with E-state index >= 15 is 0 Å². The third-order valence-corrected chi connectivity index (χ3v) is 2.00. The van der Waals surface area contributed by atoms with Crippen LogP contribution in [-0.2, 0) is 4.63 Å². The normalized spacial score (nSPS) is 13.3. The first-order valence-electron chi connectivity index (χ1n) is 2.16. The zero-order chi connectivity index (χ0) is 9.28. The fourth-order valence-electron chi connectivity index (χ4n) is 0.206. The zero-order valence-corrected chi connectivity index (χ0v) is 5.88. The lowest BCUT2D eigenvalue weighted by molar-refractivity contribution is -0.0923. The predicted octanol–water partition coefficient (Wildman–Crippen LogP) is 2.42. The minimum absolute atomic E-state index is 1.72. The fourth-order valence-corrected chi connectivity index (χ4v) is 0.619. The summed E-state index contributed by atoms with van der Waals surface area (Å²) in [5.74, 6) is -2.60. The van der Waals surface area contributed by atoms with E-state index in [1.165, 1.54) is 0 Å². The largest absolute Gasteiger partial charge is 0.690 e. The van der Waals surface area contributed by atoms with Gasteiger partial charge in [-0.2, -0.15) is 13.4 Å². The molecule has 0 aromatic carbocycles. The molecule has 0 N–H and O–H groups in total. The molecule has 0 aromatic rings. The maximum absolute atomic E-state index is 11.8. The summed E-state index contributed by atoms with van der Waals surface area (Å²) in [4.78, 5) is 0. The van der Waals surface area contributed by atoms with Crippen molar-refractivity contribution in [3.05, 3.63) is 12.4 Å². The first-order chi connectivity index (χ1) is 4.75. The Morgan fingerprint density at radius 1 is 1.36 bits per heavy atom. The van der Waals surface area contributed by atoms with Crippen LogP contribution < -0.4 is 0 Å². The fraction of sp³-hybridized carbons (Fsp3) is 0.333. The Bertz CT molecular complexity index is 167. The van der Waals surface area contributed by atoms with Gasteiger partial charge in [0, 0.05) is 0 Å². The maximum atomic E-state index is 11.8. The van der Waals surface area contributed by atoms with Crippen LogP contribution in [0.15, 0.2) is 12.4 Å². The smallest absolute Gasteiger partial charge is 0.235 e. The van der Waals surface area contributed by atoms with E-state index in [9.17, 15) is 25.9 Å². The molecule has 11 heavy (non-hydrogen) atoms. The molecule has 0 fully saturated rings. The maximum Gasteiger partial charge on any atom is 0.690 e. The second-order valence-corrected chi connectivity index (χ2v) is 3.39. The van der Waals surface area contributed by atoms with Crippen molar-refractivity contribution in [3.63, 3.8) is 0 Å². The van der Waals surface area contributed by atoms with Gasteiger partial charge in [0.2, 0.25) is 0 Å². The van der Waals surface area contributed by atoms with Gasteiger partial charge >= 0.3 is 14.5 Å². The van der Waals surface area contributed by atoms with E-state index in [4.69, 9.17) is 0 Å². The summed E-state index contributed by atoms with van der Waals surface area (Å²) in [7, 11) is -6.94. The quantitative estimate of drug-likeness (QED) is 0.382. The summed E-state index contributed by atoms with van der Waals surface area (Å²) in [6.45, 7) is 1.93. The molecule has 0 saturated carbocycles. The summed E-state index contributed by atoms with van der Waals surface area (Å²) in [6.07, 6.45) is 0. The van der Waals surface area contributed by atoms with E-state index in [0.29, 0.717) is 0 Å². The lowest BCUT2D eigenvalue weighted by Crippen LogP contribution is -2.47. The van der Waals surface area contributed by atoms with Crippen LogP contribution >= 0.6 is 0 Å². The van der Waals surface area contributed by atoms with E-state index < -0.39 is 20.4 Å². The van der Waals surface area contributed by atoms with Crippen LogP contribution in [0, 0.1) is 0 Å². The van der Waals surface area contributed by atoms with Crippen LogP contribution in [-0.4, -0.2) is 14.5 Å². The van der Waals surface area contributed by atoms with Crippen LogP contribution in [0.5, 0.6) is 0 Å². The van der Waals surface area contributed by atoms with Gasteiger partial charge in [-0.1, -0.05) is 11.1 Å². The molecule has 0 atom stereocenters. The Morgan fingerprint density at radius 3 is 1.82 bits per heavy atom. The molecule has 66 valence electrons. The first kappa shape index (κ1) is 10.5. The number of rotatable bonds is 3. The summed E-state index contributed by atoms with van der Waals surface area (Å²) in [5, 5.41) is 0. The molecule has 0 radical (unpaired) electrons. The van der Waals surface area contributed by atoms with Gasteiger partial charge in [-0.25, -0.2) is 12.6 Å². The highest BCUT2D eigenvalue weighted by Gasteiger charge is 2.69. The molecular weight excluding hydrogens is 194 g/mol. The van der Waals surface area contributed by atoms with Gasteiger partial charge < -0.3 is 0 Å². The van der Waals surface area contributed by atoms with Gasteiger partial charge in [-0.3, -0.25) is 0 Å². The summed E-state index contributed by atoms with van der Waals surface area (Å²) >= 11 is 0. The molecule has 0 aromatic heterocycles. The third kappa shape index (κ3) is 1.74. The van der Waals surface area contributed by atoms with Gasteiger partial charge in [0.1, 0.15) is 0 Å². The number of alkyl halides is 2. The van der Waals surface area contributed by atoms with Gasteiger partial charge in [0.15, 0.2) is 5.83 Å². The Kier molecular flexibility index (Phi) is 2.72. The third-order valence-electron chi connectivity index (χ3n) is 0.803. The molecule has 0 amide bonds. The monoisotopic (exact) mass is 196 g/mol. The van der Waals surface area contributed by atoms with Crippen molar-refractivity contribution < 1.29 is 30.5 Å². The second kappa shape index (κ2) is 2.86. The SMILES string of the molecule is C=C(F)C(F)(F)[Si](F)(F)OF. The van der Waals surface area contributed by atoms with Crippen molar-refractivity contribution >= 4 is 8.99 Å². The average Bonchev–Trinajstić information content (AvgIpc) is 1.87. The molecule has 8 heteroatoms. The molecule has 0 saturated heterocycles. The van der Waals surface area contributed by atoms with Crippen LogP contribution in [0.1, 0.15) is 0 Å².